The summed E-state index contributed by atoms with van der Waals surface area (Å²) in [5, 5.41) is 0. The summed E-state index contributed by atoms with van der Waals surface area (Å²) in [6.07, 6.45) is 1.01. The van der Waals surface area contributed by atoms with E-state index in [2.05, 4.69) is 0 Å². The van der Waals surface area contributed by atoms with Gasteiger partial charge in [-0.25, -0.2) is 0 Å². The summed E-state index contributed by atoms with van der Waals surface area (Å²) in [6, 6.07) is 19.0. The quantitative estimate of drug-likeness (QED) is 0.746. The predicted octanol–water partition coefficient (Wildman–Crippen LogP) is 3.76. The molecule has 2 nitrogen and oxygen atoms in total. The molecule has 0 amide bonds. The fourth-order valence-electron chi connectivity index (χ4n) is 2.30. The van der Waals surface area contributed by atoms with Gasteiger partial charge in [-0.2, -0.15) is 0 Å². The van der Waals surface area contributed by atoms with Gasteiger partial charge >= 0.3 is 0 Å². The Morgan fingerprint density at radius 3 is 1.70 bits per heavy atom. The highest BCUT2D eigenvalue weighted by Gasteiger charge is 2.27. The van der Waals surface area contributed by atoms with E-state index in [1.165, 1.54) is 0 Å². The maximum Gasteiger partial charge on any atom is 0.210 e. The number of hydrogen-bond donors (Lipinski definition) is 0. The highest BCUT2D eigenvalue weighted by molar-refractivity contribution is 6.39. The molecule has 0 spiro atoms. The third-order valence-corrected chi connectivity index (χ3v) is 3.28. The first-order valence-corrected chi connectivity index (χ1v) is 6.91. The first kappa shape index (κ1) is 14.2. The first-order valence-electron chi connectivity index (χ1n) is 6.91. The lowest BCUT2D eigenvalue weighted by atomic mass is 9.85. The molecule has 0 aliphatic carbocycles. The van der Waals surface area contributed by atoms with Crippen LogP contribution in [0.5, 0.6) is 0 Å². The number of rotatable bonds is 6. The van der Waals surface area contributed by atoms with Crippen LogP contribution in [0, 0.1) is 0 Å². The second-order valence-corrected chi connectivity index (χ2v) is 4.79. The summed E-state index contributed by atoms with van der Waals surface area (Å²) in [5.74, 6) is -1.09. The van der Waals surface area contributed by atoms with Crippen molar-refractivity contribution in [3.63, 3.8) is 0 Å². The molecule has 0 heterocycles. The van der Waals surface area contributed by atoms with Crippen molar-refractivity contribution in [1.29, 1.82) is 0 Å². The molecular weight excluding hydrogens is 248 g/mol. The van der Waals surface area contributed by atoms with Crippen LogP contribution in [0.25, 0.3) is 0 Å². The van der Waals surface area contributed by atoms with Crippen molar-refractivity contribution in [2.75, 3.05) is 0 Å². The van der Waals surface area contributed by atoms with E-state index in [-0.39, 0.29) is 11.6 Å². The van der Waals surface area contributed by atoms with Crippen LogP contribution in [-0.2, 0) is 9.59 Å². The molecular formula is C18H18O2. The average molecular weight is 266 g/mol. The molecule has 0 saturated heterocycles. The Balaban J connectivity index is 2.40. The Labute approximate surface area is 119 Å². The third-order valence-electron chi connectivity index (χ3n) is 3.28. The SMILES string of the molecule is CCCC(=O)C(=O)C(c1ccccc1)c1ccccc1. The number of Topliss-reactive ketones (excluding diaryl/α,β-unsaturated/α-hetero) is 2. The van der Waals surface area contributed by atoms with Crippen LogP contribution in [0.3, 0.4) is 0 Å². The second kappa shape index (κ2) is 6.80. The van der Waals surface area contributed by atoms with Crippen molar-refractivity contribution < 1.29 is 9.59 Å². The summed E-state index contributed by atoms with van der Waals surface area (Å²) >= 11 is 0. The third kappa shape index (κ3) is 3.21. The topological polar surface area (TPSA) is 34.1 Å². The van der Waals surface area contributed by atoms with Crippen LogP contribution >= 0.6 is 0 Å². The molecule has 0 aromatic heterocycles. The van der Waals surface area contributed by atoms with Gasteiger partial charge in [0.1, 0.15) is 0 Å². The Kier molecular flexibility index (Phi) is 4.83. The largest absolute Gasteiger partial charge is 0.291 e. The number of hydrogen-bond acceptors (Lipinski definition) is 2. The lowest BCUT2D eigenvalue weighted by molar-refractivity contribution is -0.137. The summed E-state index contributed by atoms with van der Waals surface area (Å²) in [4.78, 5) is 24.5. The summed E-state index contributed by atoms with van der Waals surface area (Å²) in [6.45, 7) is 1.91. The molecule has 0 saturated carbocycles. The standard InChI is InChI=1S/C18H18O2/c1-2-9-16(19)18(20)17(14-10-5-3-6-11-14)15-12-7-4-8-13-15/h3-8,10-13,17H,2,9H2,1H3. The van der Waals surface area contributed by atoms with Gasteiger partial charge in [-0.1, -0.05) is 67.6 Å². The smallest absolute Gasteiger partial charge is 0.210 e. The Morgan fingerprint density at radius 1 is 0.850 bits per heavy atom. The van der Waals surface area contributed by atoms with Crippen LogP contribution in [0.2, 0.25) is 0 Å². The van der Waals surface area contributed by atoms with E-state index in [1.807, 2.05) is 67.6 Å². The van der Waals surface area contributed by atoms with Crippen molar-refractivity contribution >= 4 is 11.6 Å². The zero-order valence-electron chi connectivity index (χ0n) is 11.6. The summed E-state index contributed by atoms with van der Waals surface area (Å²) in [5.41, 5.74) is 1.74. The Hall–Kier alpha value is -2.22. The van der Waals surface area contributed by atoms with E-state index in [4.69, 9.17) is 0 Å². The van der Waals surface area contributed by atoms with Gasteiger partial charge in [-0.15, -0.1) is 0 Å². The highest BCUT2D eigenvalue weighted by Crippen LogP contribution is 2.26. The minimum absolute atomic E-state index is 0.287. The highest BCUT2D eigenvalue weighted by atomic mass is 16.2. The van der Waals surface area contributed by atoms with E-state index in [1.54, 1.807) is 0 Å². The molecule has 0 N–H and O–H groups in total. The maximum absolute atomic E-state index is 12.5. The van der Waals surface area contributed by atoms with E-state index < -0.39 is 5.92 Å². The van der Waals surface area contributed by atoms with Gasteiger partial charge in [-0.05, 0) is 17.5 Å². The average Bonchev–Trinajstić information content (AvgIpc) is 2.50. The molecule has 2 heteroatoms. The van der Waals surface area contributed by atoms with Gasteiger partial charge in [0.2, 0.25) is 5.78 Å². The molecule has 0 unspecified atom stereocenters. The molecule has 2 rings (SSSR count). The van der Waals surface area contributed by atoms with Gasteiger partial charge in [-0.3, -0.25) is 9.59 Å². The first-order chi connectivity index (χ1) is 9.74. The fourth-order valence-corrected chi connectivity index (χ4v) is 2.30. The molecule has 0 atom stereocenters. The van der Waals surface area contributed by atoms with Gasteiger partial charge in [0.05, 0.1) is 5.92 Å². The molecule has 0 aliphatic rings. The molecule has 0 aliphatic heterocycles. The zero-order chi connectivity index (χ0) is 14.4. The van der Waals surface area contributed by atoms with Crippen molar-refractivity contribution in [2.45, 2.75) is 25.7 Å². The van der Waals surface area contributed by atoms with Crippen LogP contribution in [0.15, 0.2) is 60.7 Å². The minimum Gasteiger partial charge on any atom is -0.291 e. The van der Waals surface area contributed by atoms with E-state index in [0.717, 1.165) is 11.1 Å². The van der Waals surface area contributed by atoms with Gasteiger partial charge in [0.25, 0.3) is 0 Å². The monoisotopic (exact) mass is 266 g/mol. The van der Waals surface area contributed by atoms with E-state index >= 15 is 0 Å². The number of ketones is 2. The molecule has 0 radical (unpaired) electrons. The fraction of sp³-hybridized carbons (Fsp3) is 0.222. The minimum atomic E-state index is -0.489. The van der Waals surface area contributed by atoms with Gasteiger partial charge < -0.3 is 0 Å². The number of benzene rings is 2. The normalized spacial score (nSPS) is 10.5. The zero-order valence-corrected chi connectivity index (χ0v) is 11.6. The lowest BCUT2D eigenvalue weighted by Crippen LogP contribution is -2.23. The van der Waals surface area contributed by atoms with Crippen molar-refractivity contribution in [3.05, 3.63) is 71.8 Å². The number of carbonyl (C=O) groups excluding carboxylic acids is 2. The molecule has 0 bridgehead atoms. The lowest BCUT2D eigenvalue weighted by Gasteiger charge is -2.16. The van der Waals surface area contributed by atoms with Gasteiger partial charge in [0, 0.05) is 6.42 Å². The van der Waals surface area contributed by atoms with Gasteiger partial charge in [0.15, 0.2) is 5.78 Å². The maximum atomic E-state index is 12.5. The van der Waals surface area contributed by atoms with Crippen LogP contribution < -0.4 is 0 Å². The molecule has 102 valence electrons. The van der Waals surface area contributed by atoms with Crippen molar-refractivity contribution in [1.82, 2.24) is 0 Å². The Bertz CT molecular complexity index is 533. The van der Waals surface area contributed by atoms with Crippen molar-refractivity contribution in [2.24, 2.45) is 0 Å². The molecule has 2 aromatic carbocycles. The van der Waals surface area contributed by atoms with Crippen LogP contribution in [-0.4, -0.2) is 11.6 Å². The van der Waals surface area contributed by atoms with E-state index in [9.17, 15) is 9.59 Å². The Morgan fingerprint density at radius 2 is 1.30 bits per heavy atom. The molecule has 2 aromatic rings. The molecule has 20 heavy (non-hydrogen) atoms. The van der Waals surface area contributed by atoms with Crippen LogP contribution in [0.1, 0.15) is 36.8 Å². The summed E-state index contributed by atoms with van der Waals surface area (Å²) < 4.78 is 0. The summed E-state index contributed by atoms with van der Waals surface area (Å²) in [7, 11) is 0. The molecule has 0 fully saturated rings. The van der Waals surface area contributed by atoms with E-state index in [0.29, 0.717) is 12.8 Å². The predicted molar refractivity (Wildman–Crippen MR) is 79.6 cm³/mol. The van der Waals surface area contributed by atoms with Crippen LogP contribution in [0.4, 0.5) is 0 Å². The second-order valence-electron chi connectivity index (χ2n) is 4.79. The number of carbonyl (C=O) groups is 2. The van der Waals surface area contributed by atoms with Crippen molar-refractivity contribution in [3.8, 4) is 0 Å².